The zero-order chi connectivity index (χ0) is 21.8. The molecule has 2 amide bonds. The minimum Gasteiger partial charge on any atom is -0.466 e. The molecule has 1 fully saturated rings. The predicted molar refractivity (Wildman–Crippen MR) is 118 cm³/mol. The van der Waals surface area contributed by atoms with E-state index in [0.717, 1.165) is 24.2 Å². The summed E-state index contributed by atoms with van der Waals surface area (Å²) in [5.41, 5.74) is 1.78. The maximum Gasteiger partial charge on any atom is 0.257 e. The Kier molecular flexibility index (Phi) is 6.21. The summed E-state index contributed by atoms with van der Waals surface area (Å²) in [5.74, 6) is 2.12. The largest absolute Gasteiger partial charge is 0.466 e. The van der Waals surface area contributed by atoms with Gasteiger partial charge >= 0.3 is 0 Å². The van der Waals surface area contributed by atoms with Crippen LogP contribution < -0.4 is 5.32 Å². The Hall–Kier alpha value is -3.35. The zero-order valence-electron chi connectivity index (χ0n) is 18.0. The number of anilines is 1. The Morgan fingerprint density at radius 2 is 1.87 bits per heavy atom. The van der Waals surface area contributed by atoms with E-state index in [-0.39, 0.29) is 17.9 Å². The van der Waals surface area contributed by atoms with Crippen LogP contribution in [0, 0.1) is 13.8 Å². The van der Waals surface area contributed by atoms with Crippen LogP contribution in [-0.2, 0) is 11.2 Å². The maximum atomic E-state index is 12.8. The lowest BCUT2D eigenvalue weighted by Crippen LogP contribution is -2.39. The monoisotopic (exact) mass is 420 g/mol. The van der Waals surface area contributed by atoms with Crippen molar-refractivity contribution in [3.8, 4) is 0 Å². The summed E-state index contributed by atoms with van der Waals surface area (Å²) in [6.07, 6.45) is 4.41. The van der Waals surface area contributed by atoms with Gasteiger partial charge in [-0.2, -0.15) is 5.10 Å². The molecule has 3 aromatic rings. The first-order chi connectivity index (χ1) is 15.0. The highest BCUT2D eigenvalue weighted by Crippen LogP contribution is 2.27. The van der Waals surface area contributed by atoms with Gasteiger partial charge in [0, 0.05) is 25.6 Å². The van der Waals surface area contributed by atoms with E-state index in [1.54, 1.807) is 12.3 Å². The number of carbonyl (C=O) groups is 2. The van der Waals surface area contributed by atoms with Crippen LogP contribution in [0.1, 0.15) is 52.7 Å². The first-order valence-electron chi connectivity index (χ1n) is 10.7. The fraction of sp³-hybridized carbons (Fsp3) is 0.375. The van der Waals surface area contributed by atoms with Gasteiger partial charge in [-0.3, -0.25) is 9.59 Å². The lowest BCUT2D eigenvalue weighted by molar-refractivity contribution is -0.116. The molecule has 31 heavy (non-hydrogen) atoms. The number of hydrogen-bond acceptors (Lipinski definition) is 4. The lowest BCUT2D eigenvalue weighted by atomic mass is 10.0. The Bertz CT molecular complexity index is 1050. The fourth-order valence-electron chi connectivity index (χ4n) is 4.14. The molecule has 1 aromatic carbocycles. The van der Waals surface area contributed by atoms with E-state index in [0.29, 0.717) is 43.1 Å². The minimum absolute atomic E-state index is 0.0164. The second-order valence-electron chi connectivity index (χ2n) is 8.05. The second-order valence-corrected chi connectivity index (χ2v) is 8.05. The molecule has 0 spiro atoms. The second kappa shape index (κ2) is 9.20. The van der Waals surface area contributed by atoms with Crippen LogP contribution in [-0.4, -0.2) is 39.6 Å². The molecule has 0 unspecified atom stereocenters. The average molecular weight is 421 g/mol. The van der Waals surface area contributed by atoms with Crippen molar-refractivity contribution < 1.29 is 14.0 Å². The molecule has 0 aliphatic carbocycles. The summed E-state index contributed by atoms with van der Waals surface area (Å²) < 4.78 is 7.39. The van der Waals surface area contributed by atoms with Crippen LogP contribution in [0.4, 0.5) is 5.82 Å². The Morgan fingerprint density at radius 1 is 1.13 bits per heavy atom. The van der Waals surface area contributed by atoms with E-state index < -0.39 is 0 Å². The molecule has 1 N–H and O–H groups in total. The summed E-state index contributed by atoms with van der Waals surface area (Å²) >= 11 is 0. The van der Waals surface area contributed by atoms with Crippen molar-refractivity contribution in [1.82, 2.24) is 14.7 Å². The molecule has 7 nitrogen and oxygen atoms in total. The Labute approximate surface area is 182 Å². The van der Waals surface area contributed by atoms with E-state index in [1.165, 1.54) is 0 Å². The van der Waals surface area contributed by atoms with Crippen LogP contribution in [0.5, 0.6) is 0 Å². The van der Waals surface area contributed by atoms with Gasteiger partial charge < -0.3 is 14.6 Å². The minimum atomic E-state index is -0.0241. The first-order valence-corrected chi connectivity index (χ1v) is 10.7. The molecular weight excluding hydrogens is 392 g/mol. The summed E-state index contributed by atoms with van der Waals surface area (Å²) in [4.78, 5) is 27.1. The van der Waals surface area contributed by atoms with Gasteiger partial charge in [-0.05, 0) is 44.7 Å². The normalized spacial score (nSPS) is 14.6. The summed E-state index contributed by atoms with van der Waals surface area (Å²) in [6, 6.07) is 13.8. The molecule has 162 valence electrons. The molecule has 0 bridgehead atoms. The average Bonchev–Trinajstić information content (AvgIpc) is 3.38. The van der Waals surface area contributed by atoms with E-state index in [1.807, 2.05) is 59.8 Å². The number of rotatable bonds is 6. The van der Waals surface area contributed by atoms with Gasteiger partial charge in [0.05, 0.1) is 17.8 Å². The number of carbonyl (C=O) groups excluding carboxylic acids is 2. The van der Waals surface area contributed by atoms with Gasteiger partial charge in [-0.1, -0.05) is 30.3 Å². The molecule has 0 radical (unpaired) electrons. The van der Waals surface area contributed by atoms with Crippen molar-refractivity contribution in [2.24, 2.45) is 0 Å². The zero-order valence-corrected chi connectivity index (χ0v) is 18.0. The summed E-state index contributed by atoms with van der Waals surface area (Å²) in [5, 5.41) is 7.44. The SMILES string of the molecule is Cc1cc(C(=O)N2CCC(n3nccc3NC(=O)CCc3ccccc3)CC2)c(C)o1. The smallest absolute Gasteiger partial charge is 0.257 e. The van der Waals surface area contributed by atoms with E-state index in [9.17, 15) is 9.59 Å². The topological polar surface area (TPSA) is 80.4 Å². The molecule has 1 saturated heterocycles. The quantitative estimate of drug-likeness (QED) is 0.650. The Morgan fingerprint density at radius 3 is 2.55 bits per heavy atom. The number of likely N-dealkylation sites (tertiary alicyclic amines) is 1. The summed E-state index contributed by atoms with van der Waals surface area (Å²) in [7, 11) is 0. The maximum absolute atomic E-state index is 12.8. The molecule has 7 heteroatoms. The van der Waals surface area contributed by atoms with E-state index >= 15 is 0 Å². The standard InChI is InChI=1S/C24H28N4O3/c1-17-16-21(18(2)31-17)24(30)27-14-11-20(12-15-27)28-22(10-13-25-28)26-23(29)9-8-19-6-4-3-5-7-19/h3-7,10,13,16,20H,8-9,11-12,14-15H2,1-2H3,(H,26,29). The van der Waals surface area contributed by atoms with Crippen LogP contribution in [0.3, 0.4) is 0 Å². The van der Waals surface area contributed by atoms with Gasteiger partial charge in [-0.15, -0.1) is 0 Å². The Balaban J connectivity index is 1.32. The van der Waals surface area contributed by atoms with Crippen LogP contribution in [0.2, 0.25) is 0 Å². The predicted octanol–water partition coefficient (Wildman–Crippen LogP) is 4.14. The molecule has 1 aliphatic heterocycles. The lowest BCUT2D eigenvalue weighted by Gasteiger charge is -2.32. The number of nitrogens with one attached hydrogen (secondary N) is 1. The molecule has 0 atom stereocenters. The van der Waals surface area contributed by atoms with Crippen LogP contribution in [0.25, 0.3) is 0 Å². The van der Waals surface area contributed by atoms with Crippen LogP contribution >= 0.6 is 0 Å². The van der Waals surface area contributed by atoms with E-state index in [2.05, 4.69) is 10.4 Å². The number of aromatic nitrogens is 2. The summed E-state index contributed by atoms with van der Waals surface area (Å²) in [6.45, 7) is 4.97. The third-order valence-corrected chi connectivity index (χ3v) is 5.79. The van der Waals surface area contributed by atoms with Gasteiger partial charge in [0.1, 0.15) is 17.3 Å². The van der Waals surface area contributed by atoms with Gasteiger partial charge in [-0.25, -0.2) is 4.68 Å². The number of piperidine rings is 1. The third-order valence-electron chi connectivity index (χ3n) is 5.79. The highest BCUT2D eigenvalue weighted by atomic mass is 16.3. The highest BCUT2D eigenvalue weighted by Gasteiger charge is 2.28. The van der Waals surface area contributed by atoms with Gasteiger partial charge in [0.15, 0.2) is 0 Å². The molecule has 4 rings (SSSR count). The van der Waals surface area contributed by atoms with Crippen molar-refractivity contribution >= 4 is 17.6 Å². The van der Waals surface area contributed by atoms with E-state index in [4.69, 9.17) is 4.42 Å². The van der Waals surface area contributed by atoms with Crippen LogP contribution in [0.15, 0.2) is 53.1 Å². The number of amides is 2. The van der Waals surface area contributed by atoms with Crippen molar-refractivity contribution in [3.63, 3.8) is 0 Å². The van der Waals surface area contributed by atoms with Gasteiger partial charge in [0.2, 0.25) is 5.91 Å². The number of aryl methyl sites for hydroxylation is 3. The van der Waals surface area contributed by atoms with Crippen molar-refractivity contribution in [3.05, 3.63) is 71.3 Å². The van der Waals surface area contributed by atoms with Gasteiger partial charge in [0.25, 0.3) is 5.91 Å². The molecule has 1 aliphatic rings. The van der Waals surface area contributed by atoms with Crippen molar-refractivity contribution in [2.75, 3.05) is 18.4 Å². The number of furan rings is 1. The molecule has 2 aromatic heterocycles. The first kappa shape index (κ1) is 20.9. The third kappa shape index (κ3) is 4.87. The van der Waals surface area contributed by atoms with Crippen molar-refractivity contribution in [2.45, 2.75) is 45.6 Å². The highest BCUT2D eigenvalue weighted by molar-refractivity contribution is 5.95. The molecular formula is C24H28N4O3. The van der Waals surface area contributed by atoms with Crippen molar-refractivity contribution in [1.29, 1.82) is 0 Å². The molecule has 0 saturated carbocycles. The fourth-order valence-corrected chi connectivity index (χ4v) is 4.14. The number of nitrogens with zero attached hydrogens (tertiary/aromatic N) is 3. The number of benzene rings is 1. The number of hydrogen-bond donors (Lipinski definition) is 1. The molecule has 3 heterocycles.